The quantitative estimate of drug-likeness (QED) is 0.601. The first-order valence-corrected chi connectivity index (χ1v) is 7.51. The number of non-ortho nitro benzene ring substituents is 1. The first-order valence-electron chi connectivity index (χ1n) is 7.51. The molecular weight excluding hydrogens is 308 g/mol. The summed E-state index contributed by atoms with van der Waals surface area (Å²) < 4.78 is 0. The van der Waals surface area contributed by atoms with Crippen molar-refractivity contribution in [3.63, 3.8) is 0 Å². The largest absolute Gasteiger partial charge is 0.377 e. The SMILES string of the molecule is CN(CCc1ccccn1)C(=O)c1cc([N+](=O)[O-])ccc1N(C)C. The van der Waals surface area contributed by atoms with Gasteiger partial charge in [-0.1, -0.05) is 6.07 Å². The lowest BCUT2D eigenvalue weighted by molar-refractivity contribution is -0.384. The minimum atomic E-state index is -0.496. The highest BCUT2D eigenvalue weighted by Gasteiger charge is 2.20. The van der Waals surface area contributed by atoms with Gasteiger partial charge in [0.15, 0.2) is 0 Å². The van der Waals surface area contributed by atoms with Gasteiger partial charge in [0.1, 0.15) is 0 Å². The van der Waals surface area contributed by atoms with Gasteiger partial charge in [0.2, 0.25) is 0 Å². The van der Waals surface area contributed by atoms with Crippen LogP contribution in [0.25, 0.3) is 0 Å². The second-order valence-electron chi connectivity index (χ2n) is 5.65. The number of carbonyl (C=O) groups is 1. The van der Waals surface area contributed by atoms with Gasteiger partial charge in [0.05, 0.1) is 10.5 Å². The van der Waals surface area contributed by atoms with Gasteiger partial charge in [-0.15, -0.1) is 0 Å². The van der Waals surface area contributed by atoms with E-state index in [0.717, 1.165) is 5.69 Å². The molecule has 1 aromatic heterocycles. The van der Waals surface area contributed by atoms with E-state index in [1.165, 1.54) is 12.1 Å². The third-order valence-electron chi connectivity index (χ3n) is 3.68. The number of aromatic nitrogens is 1. The Kier molecular flexibility index (Phi) is 5.47. The van der Waals surface area contributed by atoms with Crippen LogP contribution in [0.3, 0.4) is 0 Å². The number of rotatable bonds is 6. The lowest BCUT2D eigenvalue weighted by Crippen LogP contribution is -2.30. The predicted octanol–water partition coefficient (Wildman–Crippen LogP) is 2.37. The number of nitrogens with zero attached hydrogens (tertiary/aromatic N) is 4. The summed E-state index contributed by atoms with van der Waals surface area (Å²) in [4.78, 5) is 30.8. The van der Waals surface area contributed by atoms with E-state index < -0.39 is 4.92 Å². The highest BCUT2D eigenvalue weighted by Crippen LogP contribution is 2.25. The smallest absolute Gasteiger partial charge is 0.270 e. The zero-order valence-electron chi connectivity index (χ0n) is 14.0. The summed E-state index contributed by atoms with van der Waals surface area (Å²) >= 11 is 0. The number of nitro groups is 1. The van der Waals surface area contributed by atoms with Gasteiger partial charge < -0.3 is 9.80 Å². The molecular formula is C17H20N4O3. The number of carbonyl (C=O) groups excluding carboxylic acids is 1. The Labute approximate surface area is 140 Å². The maximum absolute atomic E-state index is 12.7. The topological polar surface area (TPSA) is 79.6 Å². The Balaban J connectivity index is 2.20. The molecule has 7 nitrogen and oxygen atoms in total. The van der Waals surface area contributed by atoms with Crippen molar-refractivity contribution in [1.29, 1.82) is 0 Å². The number of nitro benzene ring substituents is 1. The molecule has 0 unspecified atom stereocenters. The Morgan fingerprint density at radius 1 is 1.21 bits per heavy atom. The van der Waals surface area contributed by atoms with Gasteiger partial charge in [0, 0.05) is 63.8 Å². The Morgan fingerprint density at radius 3 is 2.54 bits per heavy atom. The molecule has 1 heterocycles. The van der Waals surface area contributed by atoms with E-state index in [1.807, 2.05) is 18.2 Å². The molecule has 0 fully saturated rings. The van der Waals surface area contributed by atoms with Crippen molar-refractivity contribution >= 4 is 17.3 Å². The monoisotopic (exact) mass is 328 g/mol. The molecule has 2 rings (SSSR count). The van der Waals surface area contributed by atoms with E-state index in [0.29, 0.717) is 24.2 Å². The lowest BCUT2D eigenvalue weighted by atomic mass is 10.1. The number of benzene rings is 1. The van der Waals surface area contributed by atoms with Gasteiger partial charge >= 0.3 is 0 Å². The molecule has 1 aromatic carbocycles. The van der Waals surface area contributed by atoms with Crippen molar-refractivity contribution in [2.75, 3.05) is 32.6 Å². The molecule has 0 radical (unpaired) electrons. The minimum absolute atomic E-state index is 0.0953. The van der Waals surface area contributed by atoms with Crippen LogP contribution in [0.5, 0.6) is 0 Å². The van der Waals surface area contributed by atoms with Crippen LogP contribution < -0.4 is 4.90 Å². The molecule has 0 aliphatic heterocycles. The van der Waals surface area contributed by atoms with Crippen LogP contribution in [-0.4, -0.2) is 48.4 Å². The normalized spacial score (nSPS) is 10.3. The summed E-state index contributed by atoms with van der Waals surface area (Å²) in [7, 11) is 5.28. The zero-order chi connectivity index (χ0) is 17.7. The molecule has 7 heteroatoms. The lowest BCUT2D eigenvalue weighted by Gasteiger charge is -2.21. The molecule has 0 N–H and O–H groups in total. The average molecular weight is 328 g/mol. The summed E-state index contributed by atoms with van der Waals surface area (Å²) in [5.41, 5.74) is 1.76. The van der Waals surface area contributed by atoms with Crippen LogP contribution in [0.1, 0.15) is 16.1 Å². The van der Waals surface area contributed by atoms with Gasteiger partial charge in [0.25, 0.3) is 11.6 Å². The van der Waals surface area contributed by atoms with Crippen LogP contribution in [0.4, 0.5) is 11.4 Å². The number of hydrogen-bond donors (Lipinski definition) is 0. The van der Waals surface area contributed by atoms with Crippen molar-refractivity contribution in [3.05, 3.63) is 64.0 Å². The molecule has 24 heavy (non-hydrogen) atoms. The van der Waals surface area contributed by atoms with Crippen LogP contribution in [-0.2, 0) is 6.42 Å². The zero-order valence-corrected chi connectivity index (χ0v) is 14.0. The Bertz CT molecular complexity index is 732. The Morgan fingerprint density at radius 2 is 1.96 bits per heavy atom. The third kappa shape index (κ3) is 4.07. The van der Waals surface area contributed by atoms with Crippen LogP contribution in [0, 0.1) is 10.1 Å². The fourth-order valence-electron chi connectivity index (χ4n) is 2.33. The maximum Gasteiger partial charge on any atom is 0.270 e. The summed E-state index contributed by atoms with van der Waals surface area (Å²) in [5.74, 6) is -0.252. The van der Waals surface area contributed by atoms with E-state index in [2.05, 4.69) is 4.98 Å². The molecule has 0 bridgehead atoms. The van der Waals surface area contributed by atoms with Crippen LogP contribution in [0.15, 0.2) is 42.6 Å². The number of pyridine rings is 1. The van der Waals surface area contributed by atoms with E-state index >= 15 is 0 Å². The highest BCUT2D eigenvalue weighted by molar-refractivity contribution is 6.00. The molecule has 0 saturated carbocycles. The maximum atomic E-state index is 12.7. The summed E-state index contributed by atoms with van der Waals surface area (Å²) in [6.45, 7) is 0.478. The molecule has 126 valence electrons. The number of likely N-dealkylation sites (N-methyl/N-ethyl adjacent to an activating group) is 1. The van der Waals surface area contributed by atoms with E-state index in [9.17, 15) is 14.9 Å². The van der Waals surface area contributed by atoms with Crippen molar-refractivity contribution < 1.29 is 9.72 Å². The first-order chi connectivity index (χ1) is 11.4. The highest BCUT2D eigenvalue weighted by atomic mass is 16.6. The van der Waals surface area contributed by atoms with Crippen LogP contribution >= 0.6 is 0 Å². The fourth-order valence-corrected chi connectivity index (χ4v) is 2.33. The van der Waals surface area contributed by atoms with Gasteiger partial charge in [-0.3, -0.25) is 19.9 Å². The number of hydrogen-bond acceptors (Lipinski definition) is 5. The predicted molar refractivity (Wildman–Crippen MR) is 92.3 cm³/mol. The molecule has 0 saturated heterocycles. The molecule has 1 amide bonds. The minimum Gasteiger partial charge on any atom is -0.377 e. The van der Waals surface area contributed by atoms with Gasteiger partial charge in [-0.05, 0) is 18.2 Å². The second kappa shape index (κ2) is 7.54. The van der Waals surface area contributed by atoms with E-state index in [-0.39, 0.29) is 11.6 Å². The molecule has 2 aromatic rings. The van der Waals surface area contributed by atoms with Crippen molar-refractivity contribution in [2.24, 2.45) is 0 Å². The summed E-state index contributed by atoms with van der Waals surface area (Å²) in [5, 5.41) is 11.0. The van der Waals surface area contributed by atoms with E-state index in [1.54, 1.807) is 43.2 Å². The first kappa shape index (κ1) is 17.4. The summed E-state index contributed by atoms with van der Waals surface area (Å²) in [6.07, 6.45) is 2.33. The molecule has 0 spiro atoms. The number of amides is 1. The third-order valence-corrected chi connectivity index (χ3v) is 3.68. The molecule has 0 aliphatic carbocycles. The Hall–Kier alpha value is -2.96. The number of anilines is 1. The van der Waals surface area contributed by atoms with Crippen molar-refractivity contribution in [1.82, 2.24) is 9.88 Å². The standard InChI is InChI=1S/C17H20N4O3/c1-19(2)16-8-7-14(21(23)24)12-15(16)17(22)20(3)11-9-13-6-4-5-10-18-13/h4-8,10,12H,9,11H2,1-3H3. The molecule has 0 atom stereocenters. The average Bonchev–Trinajstić information content (AvgIpc) is 2.59. The van der Waals surface area contributed by atoms with Gasteiger partial charge in [-0.2, -0.15) is 0 Å². The summed E-state index contributed by atoms with van der Waals surface area (Å²) in [6, 6.07) is 9.96. The van der Waals surface area contributed by atoms with Crippen LogP contribution in [0.2, 0.25) is 0 Å². The van der Waals surface area contributed by atoms with Crippen molar-refractivity contribution in [3.8, 4) is 0 Å². The van der Waals surface area contributed by atoms with Crippen molar-refractivity contribution in [2.45, 2.75) is 6.42 Å². The van der Waals surface area contributed by atoms with Gasteiger partial charge in [-0.25, -0.2) is 0 Å². The molecule has 0 aliphatic rings. The second-order valence-corrected chi connectivity index (χ2v) is 5.65. The fraction of sp³-hybridized carbons (Fsp3) is 0.294. The van der Waals surface area contributed by atoms with E-state index in [4.69, 9.17) is 0 Å².